The number of nitrogens with zero attached hydrogens (tertiary/aromatic N) is 2. The van der Waals surface area contributed by atoms with Crippen LogP contribution in [0.25, 0.3) is 11.1 Å². The molecule has 0 bridgehead atoms. The van der Waals surface area contributed by atoms with Crippen molar-refractivity contribution >= 4 is 11.6 Å². The summed E-state index contributed by atoms with van der Waals surface area (Å²) < 4.78 is 0. The molecule has 4 heteroatoms. The molecule has 3 aromatic carbocycles. The molecule has 148 valence electrons. The summed E-state index contributed by atoms with van der Waals surface area (Å²) in [5.74, 6) is -0.0437. The number of anilines is 1. The van der Waals surface area contributed by atoms with Gasteiger partial charge >= 0.3 is 0 Å². The molecule has 0 aromatic heterocycles. The van der Waals surface area contributed by atoms with Crippen LogP contribution in [0.1, 0.15) is 15.9 Å². The molecule has 0 unspecified atom stereocenters. The maximum atomic E-state index is 12.7. The number of likely N-dealkylation sites (N-methyl/N-ethyl adjacent to an activating group) is 1. The van der Waals surface area contributed by atoms with Crippen molar-refractivity contribution in [2.45, 2.75) is 6.54 Å². The fourth-order valence-corrected chi connectivity index (χ4v) is 3.74. The Morgan fingerprint density at radius 1 is 0.793 bits per heavy atom. The van der Waals surface area contributed by atoms with Crippen molar-refractivity contribution in [3.05, 3.63) is 90.0 Å². The van der Waals surface area contributed by atoms with Crippen LogP contribution in [0.15, 0.2) is 78.9 Å². The molecule has 29 heavy (non-hydrogen) atoms. The van der Waals surface area contributed by atoms with Crippen molar-refractivity contribution in [3.63, 3.8) is 0 Å². The minimum Gasteiger partial charge on any atom is -0.369 e. The van der Waals surface area contributed by atoms with Gasteiger partial charge in [-0.2, -0.15) is 0 Å². The number of nitrogens with one attached hydrogen (secondary N) is 1. The molecule has 0 radical (unpaired) electrons. The van der Waals surface area contributed by atoms with Crippen molar-refractivity contribution in [2.24, 2.45) is 0 Å². The molecule has 1 aliphatic heterocycles. The molecule has 3 aromatic rings. The molecule has 0 aliphatic carbocycles. The Morgan fingerprint density at radius 3 is 2.14 bits per heavy atom. The molecule has 4 rings (SSSR count). The van der Waals surface area contributed by atoms with Crippen LogP contribution in [0.4, 0.5) is 5.69 Å². The Bertz CT molecular complexity index is 945. The lowest BCUT2D eigenvalue weighted by atomic mass is 10.0. The second-order valence-electron chi connectivity index (χ2n) is 7.55. The zero-order valence-corrected chi connectivity index (χ0v) is 16.8. The zero-order chi connectivity index (χ0) is 20.1. The van der Waals surface area contributed by atoms with Gasteiger partial charge in [-0.15, -0.1) is 0 Å². The molecular formula is C25H27N3O. The minimum atomic E-state index is -0.0437. The van der Waals surface area contributed by atoms with E-state index in [0.717, 1.165) is 42.9 Å². The molecule has 0 atom stereocenters. The summed E-state index contributed by atoms with van der Waals surface area (Å²) in [7, 11) is 2.16. The summed E-state index contributed by atoms with van der Waals surface area (Å²) in [6.45, 7) is 4.69. The van der Waals surface area contributed by atoms with E-state index in [1.807, 2.05) is 48.5 Å². The van der Waals surface area contributed by atoms with E-state index in [9.17, 15) is 4.79 Å². The molecular weight excluding hydrogens is 358 g/mol. The Balaban J connectivity index is 1.41. The average molecular weight is 386 g/mol. The van der Waals surface area contributed by atoms with Crippen LogP contribution >= 0.6 is 0 Å². The standard InChI is InChI=1S/C25H27N3O/c1-27-15-17-28(18-16-27)24-10-6-5-9-23(24)19-26-25(29)22-13-11-21(12-14-22)20-7-3-2-4-8-20/h2-14H,15-19H2,1H3,(H,26,29). The number of carbonyl (C=O) groups excluding carboxylic acids is 1. The summed E-state index contributed by atoms with van der Waals surface area (Å²) >= 11 is 0. The van der Waals surface area contributed by atoms with Gasteiger partial charge in [0.05, 0.1) is 0 Å². The quantitative estimate of drug-likeness (QED) is 0.720. The third kappa shape index (κ3) is 4.66. The molecule has 0 saturated carbocycles. The predicted octanol–water partition coefficient (Wildman–Crippen LogP) is 4.04. The Labute approximate surface area is 172 Å². The molecule has 1 fully saturated rings. The lowest BCUT2D eigenvalue weighted by Gasteiger charge is -2.35. The summed E-state index contributed by atoms with van der Waals surface area (Å²) in [5, 5.41) is 3.09. The van der Waals surface area contributed by atoms with Gasteiger partial charge in [-0.1, -0.05) is 60.7 Å². The highest BCUT2D eigenvalue weighted by Crippen LogP contribution is 2.22. The van der Waals surface area contributed by atoms with Crippen LogP contribution in [-0.4, -0.2) is 44.0 Å². The Hall–Kier alpha value is -3.11. The van der Waals surface area contributed by atoms with Gasteiger partial charge in [0.25, 0.3) is 5.91 Å². The number of piperazine rings is 1. The lowest BCUT2D eigenvalue weighted by Crippen LogP contribution is -2.45. The van der Waals surface area contributed by atoms with Crippen molar-refractivity contribution < 1.29 is 4.79 Å². The topological polar surface area (TPSA) is 35.6 Å². The maximum Gasteiger partial charge on any atom is 0.251 e. The van der Waals surface area contributed by atoms with Gasteiger partial charge in [-0.25, -0.2) is 0 Å². The molecule has 1 saturated heterocycles. The van der Waals surface area contributed by atoms with Crippen molar-refractivity contribution in [1.82, 2.24) is 10.2 Å². The molecule has 4 nitrogen and oxygen atoms in total. The van der Waals surface area contributed by atoms with E-state index >= 15 is 0 Å². The van der Waals surface area contributed by atoms with Crippen LogP contribution < -0.4 is 10.2 Å². The van der Waals surface area contributed by atoms with Crippen LogP contribution in [0.2, 0.25) is 0 Å². The lowest BCUT2D eigenvalue weighted by molar-refractivity contribution is 0.0951. The van der Waals surface area contributed by atoms with Crippen LogP contribution in [0.5, 0.6) is 0 Å². The van der Waals surface area contributed by atoms with E-state index in [-0.39, 0.29) is 5.91 Å². The van der Waals surface area contributed by atoms with Gasteiger partial charge in [-0.3, -0.25) is 4.79 Å². The first kappa shape index (κ1) is 19.2. The van der Waals surface area contributed by atoms with Gasteiger partial charge < -0.3 is 15.1 Å². The Morgan fingerprint density at radius 2 is 1.41 bits per heavy atom. The van der Waals surface area contributed by atoms with Crippen LogP contribution in [-0.2, 0) is 6.54 Å². The molecule has 1 amide bonds. The number of hydrogen-bond acceptors (Lipinski definition) is 3. The number of carbonyl (C=O) groups is 1. The fraction of sp³-hybridized carbons (Fsp3) is 0.240. The van der Waals surface area contributed by atoms with E-state index in [4.69, 9.17) is 0 Å². The monoisotopic (exact) mass is 385 g/mol. The largest absolute Gasteiger partial charge is 0.369 e. The number of hydrogen-bond donors (Lipinski definition) is 1. The van der Waals surface area contributed by atoms with Crippen molar-refractivity contribution in [1.29, 1.82) is 0 Å². The first-order valence-corrected chi connectivity index (χ1v) is 10.2. The SMILES string of the molecule is CN1CCN(c2ccccc2CNC(=O)c2ccc(-c3ccccc3)cc2)CC1. The van der Waals surface area contributed by atoms with E-state index in [1.165, 1.54) is 5.69 Å². The van der Waals surface area contributed by atoms with E-state index < -0.39 is 0 Å². The number of para-hydroxylation sites is 1. The molecule has 1 aliphatic rings. The highest BCUT2D eigenvalue weighted by atomic mass is 16.1. The van der Waals surface area contributed by atoms with Gasteiger partial charge in [-0.05, 0) is 41.9 Å². The second kappa shape index (κ2) is 8.93. The smallest absolute Gasteiger partial charge is 0.251 e. The van der Waals surface area contributed by atoms with E-state index in [0.29, 0.717) is 12.1 Å². The second-order valence-corrected chi connectivity index (χ2v) is 7.55. The van der Waals surface area contributed by atoms with Gasteiger partial charge in [0.15, 0.2) is 0 Å². The summed E-state index contributed by atoms with van der Waals surface area (Å²) in [5.41, 5.74) is 5.33. The number of benzene rings is 3. The zero-order valence-electron chi connectivity index (χ0n) is 16.8. The van der Waals surface area contributed by atoms with Crippen LogP contribution in [0.3, 0.4) is 0 Å². The average Bonchev–Trinajstić information content (AvgIpc) is 2.79. The van der Waals surface area contributed by atoms with Gasteiger partial charge in [0.2, 0.25) is 0 Å². The van der Waals surface area contributed by atoms with Crippen LogP contribution in [0, 0.1) is 0 Å². The van der Waals surface area contributed by atoms with Crippen molar-refractivity contribution in [3.8, 4) is 11.1 Å². The highest BCUT2D eigenvalue weighted by molar-refractivity contribution is 5.94. The normalized spacial score (nSPS) is 14.6. The summed E-state index contributed by atoms with van der Waals surface area (Å²) in [4.78, 5) is 17.4. The van der Waals surface area contributed by atoms with Gasteiger partial charge in [0, 0.05) is 44.0 Å². The minimum absolute atomic E-state index is 0.0437. The first-order valence-electron chi connectivity index (χ1n) is 10.2. The third-order valence-corrected chi connectivity index (χ3v) is 5.53. The third-order valence-electron chi connectivity index (χ3n) is 5.53. The highest BCUT2D eigenvalue weighted by Gasteiger charge is 2.17. The first-order chi connectivity index (χ1) is 14.2. The summed E-state index contributed by atoms with van der Waals surface area (Å²) in [6, 6.07) is 26.4. The van der Waals surface area contributed by atoms with Gasteiger partial charge in [0.1, 0.15) is 0 Å². The maximum absolute atomic E-state index is 12.7. The molecule has 1 heterocycles. The van der Waals surface area contributed by atoms with E-state index in [2.05, 4.69) is 52.5 Å². The predicted molar refractivity (Wildman–Crippen MR) is 119 cm³/mol. The molecule has 0 spiro atoms. The number of rotatable bonds is 5. The molecule has 1 N–H and O–H groups in total. The Kier molecular flexibility index (Phi) is 5.92. The van der Waals surface area contributed by atoms with Crippen molar-refractivity contribution in [2.75, 3.05) is 38.1 Å². The summed E-state index contributed by atoms with van der Waals surface area (Å²) in [6.07, 6.45) is 0. The number of amides is 1. The van der Waals surface area contributed by atoms with E-state index in [1.54, 1.807) is 0 Å². The fourth-order valence-electron chi connectivity index (χ4n) is 3.74.